The van der Waals surface area contributed by atoms with E-state index in [0.29, 0.717) is 10.6 Å². The van der Waals surface area contributed by atoms with E-state index >= 15 is 0 Å². The van der Waals surface area contributed by atoms with Crippen LogP contribution in [0.4, 0.5) is 0 Å². The van der Waals surface area contributed by atoms with Crippen molar-refractivity contribution in [3.63, 3.8) is 0 Å². The van der Waals surface area contributed by atoms with Crippen LogP contribution in [0.2, 0.25) is 0 Å². The number of aromatic nitrogens is 3. The molecule has 0 N–H and O–H groups in total. The third-order valence-electron chi connectivity index (χ3n) is 4.95. The fourth-order valence-electron chi connectivity index (χ4n) is 3.30. The first-order valence-electron chi connectivity index (χ1n) is 9.65. The molecule has 0 saturated carbocycles. The van der Waals surface area contributed by atoms with E-state index in [1.54, 1.807) is 23.9 Å². The van der Waals surface area contributed by atoms with Gasteiger partial charge in [-0.15, -0.1) is 5.10 Å². The molecule has 27 heavy (non-hydrogen) atoms. The van der Waals surface area contributed by atoms with Gasteiger partial charge in [0.05, 0.1) is 17.1 Å². The summed E-state index contributed by atoms with van der Waals surface area (Å²) in [4.78, 5) is 2.71. The molecule has 2 heterocycles. The Kier molecular flexibility index (Phi) is 6.62. The summed E-state index contributed by atoms with van der Waals surface area (Å²) in [7, 11) is -1.96. The number of aryl methyl sites for hydroxylation is 1. The van der Waals surface area contributed by atoms with Gasteiger partial charge in [-0.25, -0.2) is 8.42 Å². The van der Waals surface area contributed by atoms with Gasteiger partial charge in [0, 0.05) is 26.3 Å². The van der Waals surface area contributed by atoms with Crippen molar-refractivity contribution in [2.45, 2.75) is 57.1 Å². The van der Waals surface area contributed by atoms with Gasteiger partial charge in [-0.1, -0.05) is 30.7 Å². The lowest BCUT2D eigenvalue weighted by Gasteiger charge is -2.17. The smallest absolute Gasteiger partial charge is 0.243 e. The Hall–Kier alpha value is -1.77. The number of sulfonamides is 1. The summed E-state index contributed by atoms with van der Waals surface area (Å²) < 4.78 is 28.8. The van der Waals surface area contributed by atoms with Crippen LogP contribution in [-0.4, -0.2) is 52.8 Å². The third kappa shape index (κ3) is 5.15. The molecular weight excluding hydrogens is 362 g/mol. The van der Waals surface area contributed by atoms with Crippen molar-refractivity contribution in [3.8, 4) is 0 Å². The molecule has 1 fully saturated rings. The van der Waals surface area contributed by atoms with E-state index in [1.165, 1.54) is 17.1 Å². The van der Waals surface area contributed by atoms with Crippen molar-refractivity contribution in [1.82, 2.24) is 24.2 Å². The number of rotatable bonds is 9. The number of likely N-dealkylation sites (tertiary alicyclic amines) is 1. The molecule has 0 radical (unpaired) electrons. The van der Waals surface area contributed by atoms with Gasteiger partial charge >= 0.3 is 0 Å². The molecule has 0 atom stereocenters. The first kappa shape index (κ1) is 20.0. The van der Waals surface area contributed by atoms with Gasteiger partial charge in [-0.2, -0.15) is 4.31 Å². The molecular formula is C19H29N5O2S. The molecule has 1 aliphatic rings. The van der Waals surface area contributed by atoms with Gasteiger partial charge in [-0.3, -0.25) is 9.58 Å². The van der Waals surface area contributed by atoms with Crippen LogP contribution in [0.1, 0.15) is 43.9 Å². The molecule has 148 valence electrons. The molecule has 1 aromatic heterocycles. The van der Waals surface area contributed by atoms with Crippen LogP contribution in [0, 0.1) is 0 Å². The fraction of sp³-hybridized carbons (Fsp3) is 0.579. The summed E-state index contributed by atoms with van der Waals surface area (Å²) >= 11 is 0. The van der Waals surface area contributed by atoms with Crippen LogP contribution < -0.4 is 0 Å². The minimum absolute atomic E-state index is 0.212. The zero-order valence-corrected chi connectivity index (χ0v) is 17.0. The highest BCUT2D eigenvalue weighted by Crippen LogP contribution is 2.19. The summed E-state index contributed by atoms with van der Waals surface area (Å²) in [5, 5.41) is 8.15. The van der Waals surface area contributed by atoms with Crippen LogP contribution in [0.15, 0.2) is 35.4 Å². The van der Waals surface area contributed by atoms with Gasteiger partial charge in [0.15, 0.2) is 0 Å². The number of hydrogen-bond acceptors (Lipinski definition) is 5. The molecule has 7 nitrogen and oxygen atoms in total. The minimum atomic E-state index is -3.55. The summed E-state index contributed by atoms with van der Waals surface area (Å²) in [6.45, 7) is 6.28. The first-order valence-corrected chi connectivity index (χ1v) is 11.1. The predicted octanol–water partition coefficient (Wildman–Crippen LogP) is 2.49. The van der Waals surface area contributed by atoms with Crippen LogP contribution >= 0.6 is 0 Å². The second-order valence-electron chi connectivity index (χ2n) is 7.21. The van der Waals surface area contributed by atoms with Crippen LogP contribution in [0.3, 0.4) is 0 Å². The molecule has 1 aliphatic heterocycles. The maximum absolute atomic E-state index is 12.8. The van der Waals surface area contributed by atoms with E-state index in [0.717, 1.165) is 44.6 Å². The standard InChI is InChI=1S/C19H29N5O2S/c1-3-4-13-24-16-18(20-21-24)15-22(2)27(25,26)19-9-7-17(8-10-19)14-23-11-5-6-12-23/h7-10,16H,3-6,11-15H2,1-2H3. The molecule has 3 rings (SSSR count). The second-order valence-corrected chi connectivity index (χ2v) is 9.26. The predicted molar refractivity (Wildman–Crippen MR) is 105 cm³/mol. The highest BCUT2D eigenvalue weighted by molar-refractivity contribution is 7.89. The molecule has 0 bridgehead atoms. The number of hydrogen-bond donors (Lipinski definition) is 0. The SMILES string of the molecule is CCCCn1cc(CN(C)S(=O)(=O)c2ccc(CN3CCCC3)cc2)nn1. The summed E-state index contributed by atoms with van der Waals surface area (Å²) in [5.41, 5.74) is 1.81. The molecule has 0 unspecified atom stereocenters. The summed E-state index contributed by atoms with van der Waals surface area (Å²) in [5.74, 6) is 0. The molecule has 0 aliphatic carbocycles. The van der Waals surface area contributed by atoms with Gasteiger partial charge in [0.25, 0.3) is 0 Å². The van der Waals surface area contributed by atoms with Crippen LogP contribution in [-0.2, 0) is 29.7 Å². The van der Waals surface area contributed by atoms with Gasteiger partial charge in [0.2, 0.25) is 10.0 Å². The maximum Gasteiger partial charge on any atom is 0.243 e. The Morgan fingerprint density at radius 2 is 1.85 bits per heavy atom. The van der Waals surface area contributed by atoms with Gasteiger partial charge in [-0.05, 0) is 50.0 Å². The molecule has 8 heteroatoms. The molecule has 2 aromatic rings. The topological polar surface area (TPSA) is 71.3 Å². The van der Waals surface area contributed by atoms with Crippen molar-refractivity contribution in [3.05, 3.63) is 41.7 Å². The Morgan fingerprint density at radius 1 is 1.15 bits per heavy atom. The molecule has 0 amide bonds. The van der Waals surface area contributed by atoms with Crippen molar-refractivity contribution < 1.29 is 8.42 Å². The van der Waals surface area contributed by atoms with Gasteiger partial charge in [0.1, 0.15) is 0 Å². The zero-order valence-electron chi connectivity index (χ0n) is 16.2. The van der Waals surface area contributed by atoms with Crippen molar-refractivity contribution in [1.29, 1.82) is 0 Å². The number of nitrogens with zero attached hydrogens (tertiary/aromatic N) is 5. The maximum atomic E-state index is 12.8. The molecule has 1 aromatic carbocycles. The van der Waals surface area contributed by atoms with Crippen molar-refractivity contribution in [2.24, 2.45) is 0 Å². The van der Waals surface area contributed by atoms with Crippen LogP contribution in [0.5, 0.6) is 0 Å². The highest BCUT2D eigenvalue weighted by atomic mass is 32.2. The van der Waals surface area contributed by atoms with E-state index in [4.69, 9.17) is 0 Å². The van der Waals surface area contributed by atoms with E-state index in [2.05, 4.69) is 22.1 Å². The highest BCUT2D eigenvalue weighted by Gasteiger charge is 2.22. The van der Waals surface area contributed by atoms with Crippen LogP contribution in [0.25, 0.3) is 0 Å². The zero-order chi connectivity index (χ0) is 19.3. The normalized spacial score (nSPS) is 15.7. The van der Waals surface area contributed by atoms with Crippen molar-refractivity contribution >= 4 is 10.0 Å². The second kappa shape index (κ2) is 8.95. The van der Waals surface area contributed by atoms with E-state index in [-0.39, 0.29) is 6.54 Å². The number of benzene rings is 1. The first-order chi connectivity index (χ1) is 13.0. The van der Waals surface area contributed by atoms with E-state index in [9.17, 15) is 8.42 Å². The molecule has 0 spiro atoms. The Balaban J connectivity index is 1.62. The quantitative estimate of drug-likeness (QED) is 0.657. The molecule has 1 saturated heterocycles. The lowest BCUT2D eigenvalue weighted by Crippen LogP contribution is -2.26. The largest absolute Gasteiger partial charge is 0.299 e. The van der Waals surface area contributed by atoms with E-state index in [1.807, 2.05) is 18.3 Å². The average molecular weight is 392 g/mol. The monoisotopic (exact) mass is 391 g/mol. The van der Waals surface area contributed by atoms with E-state index < -0.39 is 10.0 Å². The van der Waals surface area contributed by atoms with Gasteiger partial charge < -0.3 is 0 Å². The lowest BCUT2D eigenvalue weighted by molar-refractivity contribution is 0.331. The minimum Gasteiger partial charge on any atom is -0.299 e. The Bertz CT molecular complexity index is 826. The fourth-order valence-corrected chi connectivity index (χ4v) is 4.44. The average Bonchev–Trinajstić information content (AvgIpc) is 3.32. The van der Waals surface area contributed by atoms with Crippen molar-refractivity contribution in [2.75, 3.05) is 20.1 Å². The third-order valence-corrected chi connectivity index (χ3v) is 6.77. The summed E-state index contributed by atoms with van der Waals surface area (Å²) in [6, 6.07) is 7.24. The number of unbranched alkanes of at least 4 members (excludes halogenated alkanes) is 1. The summed E-state index contributed by atoms with van der Waals surface area (Å²) in [6.07, 6.45) is 6.43. The Labute approximate surface area is 162 Å². The Morgan fingerprint density at radius 3 is 2.52 bits per heavy atom. The lowest BCUT2D eigenvalue weighted by atomic mass is 10.2.